The maximum absolute atomic E-state index is 5.26. The summed E-state index contributed by atoms with van der Waals surface area (Å²) in [7, 11) is 1.70. The summed E-state index contributed by atoms with van der Waals surface area (Å²) in [4.78, 5) is 2.47. The number of benzene rings is 1. The van der Waals surface area contributed by atoms with E-state index in [1.807, 2.05) is 12.1 Å². The van der Waals surface area contributed by atoms with Gasteiger partial charge in [0, 0.05) is 26.2 Å². The van der Waals surface area contributed by atoms with E-state index >= 15 is 0 Å². The Balaban J connectivity index is 2.23. The minimum Gasteiger partial charge on any atom is -0.497 e. The molecule has 1 aliphatic rings. The van der Waals surface area contributed by atoms with Gasteiger partial charge >= 0.3 is 0 Å². The summed E-state index contributed by atoms with van der Waals surface area (Å²) >= 11 is 0. The third kappa shape index (κ3) is 2.74. The maximum Gasteiger partial charge on any atom is 0.119 e. The van der Waals surface area contributed by atoms with Crippen molar-refractivity contribution in [2.45, 2.75) is 13.0 Å². The molecule has 3 nitrogen and oxygen atoms in total. The van der Waals surface area contributed by atoms with Gasteiger partial charge in [0.25, 0.3) is 0 Å². The van der Waals surface area contributed by atoms with E-state index < -0.39 is 0 Å². The standard InChI is InChI=1S/C15H22N2O/c1-4-15(17-9-7-16-8-10-17)14-6-5-13(18-3)11-12(14)2/h4-6,11,15-16H,1,7-10H2,2-3H3/t15-/m1/s1. The molecule has 3 heteroatoms. The van der Waals surface area contributed by atoms with Crippen LogP contribution in [-0.4, -0.2) is 38.2 Å². The van der Waals surface area contributed by atoms with Crippen LogP contribution in [0.15, 0.2) is 30.9 Å². The summed E-state index contributed by atoms with van der Waals surface area (Å²) in [6.07, 6.45) is 2.04. The Morgan fingerprint density at radius 1 is 1.39 bits per heavy atom. The third-order valence-electron chi connectivity index (χ3n) is 3.56. The first-order valence-corrected chi connectivity index (χ1v) is 6.48. The first kappa shape index (κ1) is 13.1. The molecule has 2 rings (SSSR count). The minimum atomic E-state index is 0.304. The summed E-state index contributed by atoms with van der Waals surface area (Å²) in [6, 6.07) is 6.58. The largest absolute Gasteiger partial charge is 0.497 e. The zero-order chi connectivity index (χ0) is 13.0. The van der Waals surface area contributed by atoms with E-state index in [-0.39, 0.29) is 0 Å². The number of piperazine rings is 1. The molecule has 0 amide bonds. The number of rotatable bonds is 4. The minimum absolute atomic E-state index is 0.304. The van der Waals surface area contributed by atoms with Crippen molar-refractivity contribution < 1.29 is 4.74 Å². The van der Waals surface area contributed by atoms with E-state index in [1.54, 1.807) is 7.11 Å². The number of aryl methyl sites for hydroxylation is 1. The second kappa shape index (κ2) is 6.03. The molecule has 1 N–H and O–H groups in total. The fourth-order valence-electron chi connectivity index (χ4n) is 2.54. The van der Waals surface area contributed by atoms with Crippen molar-refractivity contribution in [2.24, 2.45) is 0 Å². The number of methoxy groups -OCH3 is 1. The molecule has 0 radical (unpaired) electrons. The van der Waals surface area contributed by atoms with Gasteiger partial charge in [0.05, 0.1) is 13.2 Å². The third-order valence-corrected chi connectivity index (χ3v) is 3.56. The Morgan fingerprint density at radius 3 is 2.67 bits per heavy atom. The van der Waals surface area contributed by atoms with E-state index in [4.69, 9.17) is 4.74 Å². The highest BCUT2D eigenvalue weighted by Gasteiger charge is 2.20. The van der Waals surface area contributed by atoms with Crippen molar-refractivity contribution in [3.8, 4) is 5.75 Å². The van der Waals surface area contributed by atoms with Gasteiger partial charge in [-0.05, 0) is 30.2 Å². The van der Waals surface area contributed by atoms with Crippen LogP contribution in [0.25, 0.3) is 0 Å². The van der Waals surface area contributed by atoms with Gasteiger partial charge in [-0.25, -0.2) is 0 Å². The van der Waals surface area contributed by atoms with Crippen molar-refractivity contribution >= 4 is 0 Å². The highest BCUT2D eigenvalue weighted by Crippen LogP contribution is 2.27. The Labute approximate surface area is 109 Å². The summed E-state index contributed by atoms with van der Waals surface area (Å²) in [5.74, 6) is 0.916. The van der Waals surface area contributed by atoms with Crippen LogP contribution in [0.4, 0.5) is 0 Å². The van der Waals surface area contributed by atoms with Crippen molar-refractivity contribution in [3.63, 3.8) is 0 Å². The van der Waals surface area contributed by atoms with Crippen molar-refractivity contribution in [1.82, 2.24) is 10.2 Å². The van der Waals surface area contributed by atoms with Crippen LogP contribution >= 0.6 is 0 Å². The zero-order valence-electron chi connectivity index (χ0n) is 11.3. The number of hydrogen-bond acceptors (Lipinski definition) is 3. The van der Waals surface area contributed by atoms with Gasteiger partial charge in [-0.1, -0.05) is 12.1 Å². The molecular formula is C15H22N2O. The molecule has 0 aliphatic carbocycles. The summed E-state index contributed by atoms with van der Waals surface area (Å²) in [6.45, 7) is 10.4. The topological polar surface area (TPSA) is 24.5 Å². The molecule has 1 heterocycles. The van der Waals surface area contributed by atoms with Gasteiger partial charge < -0.3 is 10.1 Å². The average Bonchev–Trinajstić information content (AvgIpc) is 2.42. The predicted octanol–water partition coefficient (Wildman–Crippen LogP) is 2.14. The molecule has 1 aromatic rings. The highest BCUT2D eigenvalue weighted by molar-refractivity contribution is 5.38. The van der Waals surface area contributed by atoms with Gasteiger partial charge in [0.15, 0.2) is 0 Å². The predicted molar refractivity (Wildman–Crippen MR) is 75.1 cm³/mol. The lowest BCUT2D eigenvalue weighted by molar-refractivity contribution is 0.203. The first-order chi connectivity index (χ1) is 8.76. The molecule has 18 heavy (non-hydrogen) atoms. The summed E-state index contributed by atoms with van der Waals surface area (Å²) < 4.78 is 5.26. The van der Waals surface area contributed by atoms with E-state index in [0.29, 0.717) is 6.04 Å². The van der Waals surface area contributed by atoms with Crippen LogP contribution in [0, 0.1) is 6.92 Å². The average molecular weight is 246 g/mol. The van der Waals surface area contributed by atoms with E-state index in [1.165, 1.54) is 11.1 Å². The van der Waals surface area contributed by atoms with E-state index in [0.717, 1.165) is 31.9 Å². The number of nitrogens with zero attached hydrogens (tertiary/aromatic N) is 1. The maximum atomic E-state index is 5.26. The molecule has 1 atom stereocenters. The number of nitrogens with one attached hydrogen (secondary N) is 1. The lowest BCUT2D eigenvalue weighted by Gasteiger charge is -2.34. The SMILES string of the molecule is C=C[C@H](c1ccc(OC)cc1C)N1CCNCC1. The monoisotopic (exact) mass is 246 g/mol. The van der Waals surface area contributed by atoms with Crippen LogP contribution in [0.2, 0.25) is 0 Å². The Bertz CT molecular complexity index is 411. The Morgan fingerprint density at radius 2 is 2.11 bits per heavy atom. The van der Waals surface area contributed by atoms with Crippen LogP contribution in [-0.2, 0) is 0 Å². The van der Waals surface area contributed by atoms with Gasteiger partial charge in [-0.15, -0.1) is 6.58 Å². The lowest BCUT2D eigenvalue weighted by atomic mass is 9.99. The molecule has 0 spiro atoms. The highest BCUT2D eigenvalue weighted by atomic mass is 16.5. The molecule has 0 unspecified atom stereocenters. The fourth-order valence-corrected chi connectivity index (χ4v) is 2.54. The first-order valence-electron chi connectivity index (χ1n) is 6.48. The quantitative estimate of drug-likeness (QED) is 0.824. The fraction of sp³-hybridized carbons (Fsp3) is 0.467. The van der Waals surface area contributed by atoms with E-state index in [9.17, 15) is 0 Å². The number of hydrogen-bond donors (Lipinski definition) is 1. The van der Waals surface area contributed by atoms with Crippen LogP contribution < -0.4 is 10.1 Å². The van der Waals surface area contributed by atoms with Crippen molar-refractivity contribution in [1.29, 1.82) is 0 Å². The van der Waals surface area contributed by atoms with Crippen LogP contribution in [0.5, 0.6) is 5.75 Å². The van der Waals surface area contributed by atoms with Gasteiger partial charge in [-0.2, -0.15) is 0 Å². The summed E-state index contributed by atoms with van der Waals surface area (Å²) in [5.41, 5.74) is 2.59. The van der Waals surface area contributed by atoms with Gasteiger partial charge in [0.2, 0.25) is 0 Å². The normalized spacial score (nSPS) is 18.3. The van der Waals surface area contributed by atoms with E-state index in [2.05, 4.69) is 35.9 Å². The number of ether oxygens (including phenoxy) is 1. The molecule has 0 aromatic heterocycles. The van der Waals surface area contributed by atoms with Crippen LogP contribution in [0.3, 0.4) is 0 Å². The summed E-state index contributed by atoms with van der Waals surface area (Å²) in [5, 5.41) is 3.38. The lowest BCUT2D eigenvalue weighted by Crippen LogP contribution is -2.44. The molecular weight excluding hydrogens is 224 g/mol. The Kier molecular flexibility index (Phi) is 4.39. The molecule has 1 aliphatic heterocycles. The van der Waals surface area contributed by atoms with Crippen molar-refractivity contribution in [3.05, 3.63) is 42.0 Å². The molecule has 0 saturated carbocycles. The van der Waals surface area contributed by atoms with Gasteiger partial charge in [-0.3, -0.25) is 4.90 Å². The second-order valence-corrected chi connectivity index (χ2v) is 4.69. The molecule has 1 aromatic carbocycles. The second-order valence-electron chi connectivity index (χ2n) is 4.69. The molecule has 0 bridgehead atoms. The van der Waals surface area contributed by atoms with Crippen LogP contribution in [0.1, 0.15) is 17.2 Å². The zero-order valence-corrected chi connectivity index (χ0v) is 11.3. The van der Waals surface area contributed by atoms with Crippen molar-refractivity contribution in [2.75, 3.05) is 33.3 Å². The smallest absolute Gasteiger partial charge is 0.119 e. The molecule has 1 fully saturated rings. The Hall–Kier alpha value is -1.32. The molecule has 98 valence electrons. The van der Waals surface area contributed by atoms with Gasteiger partial charge in [0.1, 0.15) is 5.75 Å². The molecule has 1 saturated heterocycles.